The van der Waals surface area contributed by atoms with Crippen molar-refractivity contribution in [3.8, 4) is 5.75 Å². The number of carbonyl (C=O) groups is 1. The SMILES string of the molecule is C=C(/C=C\C(=C)/C1=C\C(C)=C/C(/C=C/c2cc(C(C)(C)C)cc(C(C)(C)C)c2OC)=NB(F)n2cccc21)NC(C)=O. The first-order valence-electron chi connectivity index (χ1n) is 14.0. The maximum absolute atomic E-state index is 15.8. The van der Waals surface area contributed by atoms with Crippen LogP contribution in [0.1, 0.15) is 77.8 Å². The van der Waals surface area contributed by atoms with Crippen LogP contribution in [0.5, 0.6) is 5.75 Å². The van der Waals surface area contributed by atoms with Gasteiger partial charge in [-0.3, -0.25) is 14.0 Å². The van der Waals surface area contributed by atoms with E-state index in [4.69, 9.17) is 4.74 Å². The topological polar surface area (TPSA) is 55.6 Å². The smallest absolute Gasteiger partial charge is 0.496 e. The number of methoxy groups -OCH3 is 1. The van der Waals surface area contributed by atoms with Gasteiger partial charge < -0.3 is 14.5 Å². The number of nitrogens with one attached hydrogen (secondary N) is 1. The van der Waals surface area contributed by atoms with E-state index >= 15 is 4.32 Å². The predicted octanol–water partition coefficient (Wildman–Crippen LogP) is 8.15. The molecule has 2 aromatic rings. The summed E-state index contributed by atoms with van der Waals surface area (Å²) in [5.74, 6) is 0.590. The minimum atomic E-state index is -1.65. The van der Waals surface area contributed by atoms with E-state index in [1.165, 1.54) is 17.0 Å². The fourth-order valence-electron chi connectivity index (χ4n) is 4.68. The predicted molar refractivity (Wildman–Crippen MR) is 177 cm³/mol. The highest BCUT2D eigenvalue weighted by Crippen LogP contribution is 2.39. The Hall–Kier alpha value is -4.13. The van der Waals surface area contributed by atoms with Crippen molar-refractivity contribution in [1.82, 2.24) is 9.79 Å². The third-order valence-electron chi connectivity index (χ3n) is 6.89. The summed E-state index contributed by atoms with van der Waals surface area (Å²) in [6.45, 7) is 24.5. The fourth-order valence-corrected chi connectivity index (χ4v) is 4.68. The third kappa shape index (κ3) is 8.00. The Morgan fingerprint density at radius 1 is 1.07 bits per heavy atom. The van der Waals surface area contributed by atoms with Gasteiger partial charge in [0, 0.05) is 40.7 Å². The van der Waals surface area contributed by atoms with Crippen LogP contribution in [0, 0.1) is 0 Å². The van der Waals surface area contributed by atoms with Gasteiger partial charge in [0.1, 0.15) is 5.75 Å². The molecule has 2 heterocycles. The first-order chi connectivity index (χ1) is 19.5. The molecule has 1 N–H and O–H groups in total. The highest BCUT2D eigenvalue weighted by Gasteiger charge is 2.26. The summed E-state index contributed by atoms with van der Waals surface area (Å²) in [7, 11) is 0.0316. The van der Waals surface area contributed by atoms with E-state index in [1.54, 1.807) is 31.5 Å². The molecule has 220 valence electrons. The first kappa shape index (κ1) is 32.4. The Bertz CT molecular complexity index is 1540. The number of carbonyl (C=O) groups excluding carboxylic acids is 1. The van der Waals surface area contributed by atoms with Crippen LogP contribution in [0.25, 0.3) is 11.6 Å². The molecule has 1 amide bonds. The molecule has 1 aliphatic rings. The molecule has 0 saturated carbocycles. The molecule has 0 aliphatic carbocycles. The summed E-state index contributed by atoms with van der Waals surface area (Å²) >= 11 is 0. The van der Waals surface area contributed by atoms with Crippen molar-refractivity contribution in [2.45, 2.75) is 66.2 Å². The second-order valence-electron chi connectivity index (χ2n) is 12.7. The maximum Gasteiger partial charge on any atom is 0.611 e. The zero-order chi connectivity index (χ0) is 31.4. The number of rotatable bonds is 7. The molecule has 0 unspecified atom stereocenters. The van der Waals surface area contributed by atoms with Gasteiger partial charge in [-0.05, 0) is 89.2 Å². The molecule has 0 bridgehead atoms. The number of benzene rings is 1. The first-order valence-corrected chi connectivity index (χ1v) is 14.0. The second kappa shape index (κ2) is 12.8. The molecule has 1 aromatic carbocycles. The minimum Gasteiger partial charge on any atom is -0.496 e. The van der Waals surface area contributed by atoms with Gasteiger partial charge in [-0.15, -0.1) is 0 Å². The van der Waals surface area contributed by atoms with Crippen LogP contribution in [-0.4, -0.2) is 30.5 Å². The van der Waals surface area contributed by atoms with E-state index in [1.807, 2.05) is 37.3 Å². The summed E-state index contributed by atoms with van der Waals surface area (Å²) in [5, 5.41) is 2.64. The molecule has 0 spiro atoms. The van der Waals surface area contributed by atoms with Gasteiger partial charge in [-0.2, -0.15) is 0 Å². The van der Waals surface area contributed by atoms with Gasteiger partial charge in [0.15, 0.2) is 0 Å². The van der Waals surface area contributed by atoms with Crippen molar-refractivity contribution >= 4 is 30.5 Å². The molecule has 1 aromatic heterocycles. The highest BCUT2D eigenvalue weighted by atomic mass is 19.1. The molecular formula is C35H43BFN3O2. The lowest BCUT2D eigenvalue weighted by Crippen LogP contribution is -2.19. The lowest BCUT2D eigenvalue weighted by Gasteiger charge is -2.28. The molecule has 3 rings (SSSR count). The van der Waals surface area contributed by atoms with Gasteiger partial charge >= 0.3 is 7.26 Å². The number of hydrogen-bond acceptors (Lipinski definition) is 3. The van der Waals surface area contributed by atoms with E-state index in [-0.39, 0.29) is 16.7 Å². The Balaban J connectivity index is 2.11. The minimum absolute atomic E-state index is 0.0671. The Labute approximate surface area is 251 Å². The molecule has 0 saturated heterocycles. The number of fused-ring (bicyclic) bond motifs is 1. The Morgan fingerprint density at radius 2 is 1.76 bits per heavy atom. The van der Waals surface area contributed by atoms with E-state index in [2.05, 4.69) is 77.1 Å². The van der Waals surface area contributed by atoms with Crippen LogP contribution in [0.15, 0.2) is 95.7 Å². The van der Waals surface area contributed by atoms with Gasteiger partial charge in [-0.25, -0.2) is 0 Å². The van der Waals surface area contributed by atoms with Crippen molar-refractivity contribution in [3.63, 3.8) is 0 Å². The molecule has 5 nitrogen and oxygen atoms in total. The Morgan fingerprint density at radius 3 is 2.36 bits per heavy atom. The zero-order valence-corrected chi connectivity index (χ0v) is 26.4. The van der Waals surface area contributed by atoms with Crippen LogP contribution in [0.2, 0.25) is 0 Å². The second-order valence-corrected chi connectivity index (χ2v) is 12.7. The highest BCUT2D eigenvalue weighted by molar-refractivity contribution is 6.50. The number of aromatic nitrogens is 1. The van der Waals surface area contributed by atoms with Crippen molar-refractivity contribution in [1.29, 1.82) is 0 Å². The Kier molecular flexibility index (Phi) is 9.88. The molecule has 0 atom stereocenters. The number of hydrogen-bond donors (Lipinski definition) is 1. The summed E-state index contributed by atoms with van der Waals surface area (Å²) in [4.78, 5) is 15.8. The average Bonchev–Trinajstić information content (AvgIpc) is 3.37. The van der Waals surface area contributed by atoms with Gasteiger partial charge in [0.2, 0.25) is 5.91 Å². The largest absolute Gasteiger partial charge is 0.611 e. The number of allylic oxidation sites excluding steroid dienone is 8. The fraction of sp³-hybridized carbons (Fsp3) is 0.314. The summed E-state index contributed by atoms with van der Waals surface area (Å²) in [5.41, 5.74) is 6.82. The number of halogens is 1. The lowest BCUT2D eigenvalue weighted by atomic mass is 9.79. The van der Waals surface area contributed by atoms with Crippen molar-refractivity contribution < 1.29 is 13.8 Å². The lowest BCUT2D eigenvalue weighted by molar-refractivity contribution is -0.118. The van der Waals surface area contributed by atoms with E-state index in [0.29, 0.717) is 22.7 Å². The van der Waals surface area contributed by atoms with E-state index in [9.17, 15) is 4.79 Å². The molecule has 0 radical (unpaired) electrons. The summed E-state index contributed by atoms with van der Waals surface area (Å²) in [6, 6.07) is 7.98. The zero-order valence-electron chi connectivity index (χ0n) is 26.4. The van der Waals surface area contributed by atoms with Crippen molar-refractivity contribution in [2.75, 3.05) is 7.11 Å². The molecular weight excluding hydrogens is 524 g/mol. The molecule has 0 fully saturated rings. The molecule has 42 heavy (non-hydrogen) atoms. The summed E-state index contributed by atoms with van der Waals surface area (Å²) in [6.07, 6.45) is 12.7. The van der Waals surface area contributed by atoms with Crippen LogP contribution in [0.4, 0.5) is 4.32 Å². The monoisotopic (exact) mass is 567 g/mol. The van der Waals surface area contributed by atoms with Crippen molar-refractivity contribution in [2.24, 2.45) is 4.90 Å². The van der Waals surface area contributed by atoms with E-state index in [0.717, 1.165) is 28.0 Å². The van der Waals surface area contributed by atoms with Gasteiger partial charge in [0.05, 0.1) is 7.11 Å². The van der Waals surface area contributed by atoms with Crippen LogP contribution in [0.3, 0.4) is 0 Å². The van der Waals surface area contributed by atoms with Crippen LogP contribution in [-0.2, 0) is 15.6 Å². The molecule has 7 heteroatoms. The standard InChI is InChI=1S/C35H43BFN3O2/c1-23-19-29(17-16-27-21-28(34(5,6)7)22-31(33(27)42-11)35(8,9)10)39-36(37)40-18-12-13-32(40)30(20-23)24(2)14-15-25(3)38-26(4)41/h12-22H,2-3H2,1,4-11H3,(H,38,41)/b15-14-,17-16+,23-19-,30-20+,39-29?. The van der Waals surface area contributed by atoms with Gasteiger partial charge in [-0.1, -0.05) is 66.8 Å². The quantitative estimate of drug-likeness (QED) is 0.271. The number of ether oxygens (including phenoxy) is 1. The molecule has 1 aliphatic heterocycles. The van der Waals surface area contributed by atoms with Gasteiger partial charge in [0.25, 0.3) is 0 Å². The third-order valence-corrected chi connectivity index (χ3v) is 6.89. The average molecular weight is 568 g/mol. The van der Waals surface area contributed by atoms with Crippen LogP contribution >= 0.6 is 0 Å². The number of nitrogens with zero attached hydrogens (tertiary/aromatic N) is 2. The van der Waals surface area contributed by atoms with E-state index < -0.39 is 7.26 Å². The maximum atomic E-state index is 15.8. The normalized spacial score (nSPS) is 16.9. The van der Waals surface area contributed by atoms with Crippen LogP contribution < -0.4 is 10.1 Å². The number of amides is 1. The summed E-state index contributed by atoms with van der Waals surface area (Å²) < 4.78 is 23.2. The van der Waals surface area contributed by atoms with Crippen molar-refractivity contribution in [3.05, 3.63) is 113 Å².